The number of nitrogens with zero attached hydrogens (tertiary/aromatic N) is 3. The predicted octanol–water partition coefficient (Wildman–Crippen LogP) is 8.40. The van der Waals surface area contributed by atoms with Crippen LogP contribution in [0.1, 0.15) is 50.7 Å². The molecule has 2 aromatic rings. The molecule has 0 saturated carbocycles. The summed E-state index contributed by atoms with van der Waals surface area (Å²) in [7, 11) is 4.08. The van der Waals surface area contributed by atoms with E-state index in [-0.39, 0.29) is 0 Å². The fraction of sp³-hybridized carbons (Fsp3) is 0.366. The van der Waals surface area contributed by atoms with Crippen molar-refractivity contribution < 1.29 is 5.11 Å². The van der Waals surface area contributed by atoms with E-state index in [4.69, 9.17) is 11.4 Å². The van der Waals surface area contributed by atoms with E-state index in [1.807, 2.05) is 57.4 Å². The van der Waals surface area contributed by atoms with Crippen molar-refractivity contribution in [3.05, 3.63) is 136 Å². The van der Waals surface area contributed by atoms with E-state index in [0.29, 0.717) is 30.6 Å². The third-order valence-corrected chi connectivity index (χ3v) is 9.24. The van der Waals surface area contributed by atoms with Crippen molar-refractivity contribution >= 4 is 21.6 Å². The van der Waals surface area contributed by atoms with Crippen molar-refractivity contribution in [2.75, 3.05) is 39.1 Å². The summed E-state index contributed by atoms with van der Waals surface area (Å²) in [5.74, 6) is 4.22. The Morgan fingerprint density at radius 3 is 2.41 bits per heavy atom. The summed E-state index contributed by atoms with van der Waals surface area (Å²) in [5.41, 5.74) is 9.29. The summed E-state index contributed by atoms with van der Waals surface area (Å²) >= 11 is 3.66. The van der Waals surface area contributed by atoms with Crippen LogP contribution >= 0.6 is 15.9 Å². The van der Waals surface area contributed by atoms with Crippen molar-refractivity contribution in [3.63, 3.8) is 0 Å². The third-order valence-electron chi connectivity index (χ3n) is 8.92. The highest BCUT2D eigenvalue weighted by Crippen LogP contribution is 2.38. The molecule has 1 N–H and O–H groups in total. The molecule has 1 unspecified atom stereocenters. The molecule has 2 aliphatic heterocycles. The Kier molecular flexibility index (Phi) is 13.3. The van der Waals surface area contributed by atoms with Gasteiger partial charge < -0.3 is 14.9 Å². The summed E-state index contributed by atoms with van der Waals surface area (Å²) in [6, 6.07) is 20.8. The van der Waals surface area contributed by atoms with Gasteiger partial charge in [-0.15, -0.1) is 12.2 Å². The number of hydrogen-bond acceptors (Lipinski definition) is 4. The minimum atomic E-state index is -1.25. The second-order valence-corrected chi connectivity index (χ2v) is 13.1. The van der Waals surface area contributed by atoms with Gasteiger partial charge >= 0.3 is 0 Å². The van der Waals surface area contributed by atoms with Gasteiger partial charge in [0, 0.05) is 48.1 Å². The number of hydrogen-bond donors (Lipinski definition) is 1. The molecular formula is C41H48BrN3O. The lowest BCUT2D eigenvalue weighted by Crippen LogP contribution is -2.37. The third kappa shape index (κ3) is 9.21. The van der Waals surface area contributed by atoms with Crippen molar-refractivity contribution in [3.8, 4) is 12.3 Å². The lowest BCUT2D eigenvalue weighted by Gasteiger charge is -2.36. The molecule has 2 aliphatic rings. The van der Waals surface area contributed by atoms with Gasteiger partial charge in [-0.05, 0) is 88.4 Å². The first-order valence-electron chi connectivity index (χ1n) is 16.3. The Balaban J connectivity index is 1.80. The molecule has 0 amide bonds. The first kappa shape index (κ1) is 35.2. The highest BCUT2D eigenvalue weighted by Gasteiger charge is 2.37. The maximum atomic E-state index is 12.7. The zero-order chi connectivity index (χ0) is 32.9. The van der Waals surface area contributed by atoms with Gasteiger partial charge in [0.05, 0.1) is 5.71 Å². The van der Waals surface area contributed by atoms with Gasteiger partial charge in [0.25, 0.3) is 0 Å². The van der Waals surface area contributed by atoms with Crippen LogP contribution in [0.5, 0.6) is 0 Å². The predicted molar refractivity (Wildman–Crippen MR) is 198 cm³/mol. The number of alkyl halides is 1. The van der Waals surface area contributed by atoms with Gasteiger partial charge in [-0.3, -0.25) is 0 Å². The summed E-state index contributed by atoms with van der Waals surface area (Å²) in [6.07, 6.45) is 20.1. The number of aliphatic imine (C=N–C) groups is 1. The van der Waals surface area contributed by atoms with E-state index in [2.05, 4.69) is 92.9 Å². The Hall–Kier alpha value is -3.65. The summed E-state index contributed by atoms with van der Waals surface area (Å²) in [6.45, 7) is 6.66. The van der Waals surface area contributed by atoms with E-state index in [1.165, 1.54) is 5.56 Å². The normalized spacial score (nSPS) is 18.0. The van der Waals surface area contributed by atoms with Crippen molar-refractivity contribution in [1.82, 2.24) is 9.80 Å². The molecule has 4 nitrogen and oxygen atoms in total. The lowest BCUT2D eigenvalue weighted by molar-refractivity contribution is 0.0644. The van der Waals surface area contributed by atoms with Gasteiger partial charge in [0.2, 0.25) is 0 Å². The van der Waals surface area contributed by atoms with Crippen LogP contribution in [0.4, 0.5) is 0 Å². The highest BCUT2D eigenvalue weighted by molar-refractivity contribution is 9.09. The number of benzene rings is 2. The molecule has 0 radical (unpaired) electrons. The molecule has 4 rings (SSSR count). The molecule has 0 aliphatic carbocycles. The standard InChI is InChI=1S/C41H48BrN3O/c1-6-8-15-33(7-2)31-36-21-20-32(3)39(38(22-26-42)41(46,25-29-44(4)5)37-18-13-10-14-19-37)43-40(36)45-27-23-35(24-28-45)30-34-16-11-9-12-17-34/h1,7-19,21-22,35,46H,23-31H2,2-5H3/b15-8-,33-7+,38-22+. The molecule has 0 bridgehead atoms. The van der Waals surface area contributed by atoms with E-state index >= 15 is 0 Å². The van der Waals surface area contributed by atoms with Crippen LogP contribution in [0.25, 0.3) is 0 Å². The quantitative estimate of drug-likeness (QED) is 0.100. The van der Waals surface area contributed by atoms with Gasteiger partial charge in [-0.1, -0.05) is 101 Å². The first-order valence-corrected chi connectivity index (χ1v) is 17.4. The van der Waals surface area contributed by atoms with Gasteiger partial charge in [0.1, 0.15) is 11.4 Å². The van der Waals surface area contributed by atoms with Crippen LogP contribution in [0.15, 0.2) is 130 Å². The monoisotopic (exact) mass is 677 g/mol. The number of piperidine rings is 1. The Morgan fingerprint density at radius 1 is 1.13 bits per heavy atom. The second-order valence-electron chi connectivity index (χ2n) is 12.4. The van der Waals surface area contributed by atoms with Crippen LogP contribution in [0, 0.1) is 18.3 Å². The molecular weight excluding hydrogens is 630 g/mol. The minimum Gasteiger partial charge on any atom is -0.380 e. The average Bonchev–Trinajstić information content (AvgIpc) is 3.23. The summed E-state index contributed by atoms with van der Waals surface area (Å²) < 4.78 is 0. The van der Waals surface area contributed by atoms with E-state index < -0.39 is 5.60 Å². The van der Waals surface area contributed by atoms with E-state index in [1.54, 1.807) is 6.08 Å². The second kappa shape index (κ2) is 17.3. The summed E-state index contributed by atoms with van der Waals surface area (Å²) in [5, 5.41) is 13.3. The van der Waals surface area contributed by atoms with Crippen LogP contribution in [-0.4, -0.2) is 59.7 Å². The first-order chi connectivity index (χ1) is 22.3. The molecule has 1 fully saturated rings. The number of halogens is 1. The van der Waals surface area contributed by atoms with Gasteiger partial charge in [0.15, 0.2) is 0 Å². The molecule has 0 aromatic heterocycles. The van der Waals surface area contributed by atoms with Crippen LogP contribution in [-0.2, 0) is 12.0 Å². The topological polar surface area (TPSA) is 39.1 Å². The van der Waals surface area contributed by atoms with Gasteiger partial charge in [-0.25, -0.2) is 4.99 Å². The number of allylic oxidation sites excluding steroid dienone is 7. The molecule has 46 heavy (non-hydrogen) atoms. The van der Waals surface area contributed by atoms with Crippen LogP contribution in [0.3, 0.4) is 0 Å². The molecule has 2 aromatic carbocycles. The smallest absolute Gasteiger partial charge is 0.133 e. The fourth-order valence-electron chi connectivity index (χ4n) is 6.26. The molecule has 240 valence electrons. The highest BCUT2D eigenvalue weighted by atomic mass is 79.9. The van der Waals surface area contributed by atoms with Crippen molar-refractivity contribution in [1.29, 1.82) is 0 Å². The van der Waals surface area contributed by atoms with E-state index in [0.717, 1.165) is 71.7 Å². The molecule has 0 spiro atoms. The van der Waals surface area contributed by atoms with Crippen molar-refractivity contribution in [2.45, 2.75) is 51.6 Å². The van der Waals surface area contributed by atoms with Crippen molar-refractivity contribution in [2.24, 2.45) is 10.9 Å². The Bertz CT molecular complexity index is 1570. The Labute approximate surface area is 285 Å². The maximum absolute atomic E-state index is 12.7. The van der Waals surface area contributed by atoms with Crippen LogP contribution in [0.2, 0.25) is 0 Å². The van der Waals surface area contributed by atoms with E-state index in [9.17, 15) is 5.11 Å². The van der Waals surface area contributed by atoms with Crippen LogP contribution < -0.4 is 0 Å². The molecule has 2 heterocycles. The number of likely N-dealkylation sites (tertiary alicyclic amines) is 1. The maximum Gasteiger partial charge on any atom is 0.133 e. The molecule has 5 heteroatoms. The average molecular weight is 679 g/mol. The largest absolute Gasteiger partial charge is 0.380 e. The Morgan fingerprint density at radius 2 is 1.80 bits per heavy atom. The number of terminal acetylenes is 1. The fourth-order valence-corrected chi connectivity index (χ4v) is 6.58. The molecule has 1 atom stereocenters. The van der Waals surface area contributed by atoms with Gasteiger partial charge in [-0.2, -0.15) is 0 Å². The number of aliphatic hydroxyl groups is 1. The zero-order valence-corrected chi connectivity index (χ0v) is 29.4. The zero-order valence-electron chi connectivity index (χ0n) is 27.8. The number of rotatable bonds is 13. The summed E-state index contributed by atoms with van der Waals surface area (Å²) in [4.78, 5) is 10.1. The SMILES string of the molecule is C#C/C=C\C(=C/C)CC1=C(N2CCC(Cc3ccccc3)CC2)N=C(/C(=C\CBr)C(O)(CCN(C)C)c2ccccc2)C(C)=C=C1. The minimum absolute atomic E-state index is 0.523. The lowest BCUT2D eigenvalue weighted by atomic mass is 9.79. The molecule has 1 saturated heterocycles.